The van der Waals surface area contributed by atoms with Gasteiger partial charge in [0, 0.05) is 0 Å². The average molecular weight is 626 g/mol. The number of barbiturate groups is 1. The molecule has 0 saturated carbocycles. The van der Waals surface area contributed by atoms with Crippen molar-refractivity contribution in [1.29, 1.82) is 0 Å². The lowest BCUT2D eigenvalue weighted by molar-refractivity contribution is -0.121. The fourth-order valence-corrected chi connectivity index (χ4v) is 5.46. The molecule has 0 radical (unpaired) electrons. The SMILES string of the molecule is CCCCCCOc1c(Br)cc(C=C2C(=O)N(c3ccccc3)C(=O)N(c3ccccc3)C2=O)cc1Br. The Morgan fingerprint density at radius 1 is 0.757 bits per heavy atom. The van der Waals surface area contributed by atoms with Gasteiger partial charge in [0.2, 0.25) is 0 Å². The highest BCUT2D eigenvalue weighted by atomic mass is 79.9. The molecule has 1 aliphatic heterocycles. The molecule has 3 aromatic rings. The molecule has 0 aromatic heterocycles. The van der Waals surface area contributed by atoms with Gasteiger partial charge in [-0.3, -0.25) is 9.59 Å². The van der Waals surface area contributed by atoms with Crippen molar-refractivity contribution in [3.8, 4) is 5.75 Å². The molecular formula is C29H26Br2N2O4. The van der Waals surface area contributed by atoms with Gasteiger partial charge in [-0.25, -0.2) is 14.6 Å². The van der Waals surface area contributed by atoms with Gasteiger partial charge in [0.25, 0.3) is 11.8 Å². The number of urea groups is 1. The number of carbonyl (C=O) groups excluding carboxylic acids is 3. The highest BCUT2D eigenvalue weighted by Gasteiger charge is 2.43. The van der Waals surface area contributed by atoms with E-state index < -0.39 is 17.8 Å². The molecule has 37 heavy (non-hydrogen) atoms. The van der Waals surface area contributed by atoms with Crippen molar-refractivity contribution in [1.82, 2.24) is 0 Å². The number of amides is 4. The summed E-state index contributed by atoms with van der Waals surface area (Å²) in [6, 6.07) is 20.0. The Balaban J connectivity index is 1.70. The molecule has 0 spiro atoms. The lowest BCUT2D eigenvalue weighted by atomic mass is 10.0. The van der Waals surface area contributed by atoms with Crippen molar-refractivity contribution in [3.63, 3.8) is 0 Å². The number of anilines is 2. The predicted octanol–water partition coefficient (Wildman–Crippen LogP) is 7.75. The number of rotatable bonds is 9. The van der Waals surface area contributed by atoms with Gasteiger partial charge >= 0.3 is 6.03 Å². The van der Waals surface area contributed by atoms with Crippen molar-refractivity contribution in [2.24, 2.45) is 0 Å². The number of ether oxygens (including phenoxy) is 1. The summed E-state index contributed by atoms with van der Waals surface area (Å²) in [5, 5.41) is 0. The third-order valence-corrected chi connectivity index (χ3v) is 7.03. The van der Waals surface area contributed by atoms with Crippen LogP contribution in [0.4, 0.5) is 16.2 Å². The van der Waals surface area contributed by atoms with Crippen LogP contribution >= 0.6 is 31.9 Å². The molecule has 8 heteroatoms. The topological polar surface area (TPSA) is 66.9 Å². The Morgan fingerprint density at radius 2 is 1.27 bits per heavy atom. The number of halogens is 2. The highest BCUT2D eigenvalue weighted by molar-refractivity contribution is 9.11. The number of unbranched alkanes of at least 4 members (excludes halogenated alkanes) is 3. The van der Waals surface area contributed by atoms with Gasteiger partial charge in [-0.1, -0.05) is 62.6 Å². The molecule has 190 valence electrons. The summed E-state index contributed by atoms with van der Waals surface area (Å²) in [6.45, 7) is 2.76. The van der Waals surface area contributed by atoms with Crippen LogP contribution in [0, 0.1) is 0 Å². The van der Waals surface area contributed by atoms with Gasteiger partial charge < -0.3 is 4.74 Å². The maximum absolute atomic E-state index is 13.5. The standard InChI is InChI=1S/C29H26Br2N2O4/c1-2-3-4-11-16-37-26-24(30)18-20(19-25(26)31)17-23-27(34)32(21-12-7-5-8-13-21)29(36)33(28(23)35)22-14-9-6-10-15-22/h5-10,12-15,17-19H,2-4,11,16H2,1H3. The molecule has 0 N–H and O–H groups in total. The Kier molecular flexibility index (Phi) is 8.95. The Bertz CT molecular complexity index is 1240. The van der Waals surface area contributed by atoms with E-state index in [-0.39, 0.29) is 5.57 Å². The second-order valence-corrected chi connectivity index (χ2v) is 10.2. The zero-order valence-electron chi connectivity index (χ0n) is 20.3. The van der Waals surface area contributed by atoms with E-state index in [1.54, 1.807) is 72.8 Å². The maximum Gasteiger partial charge on any atom is 0.343 e. The van der Waals surface area contributed by atoms with E-state index in [1.807, 2.05) is 0 Å². The predicted molar refractivity (Wildman–Crippen MR) is 153 cm³/mol. The van der Waals surface area contributed by atoms with Crippen LogP contribution in [0.25, 0.3) is 6.08 Å². The molecule has 1 fully saturated rings. The van der Waals surface area contributed by atoms with Gasteiger partial charge in [-0.15, -0.1) is 0 Å². The van der Waals surface area contributed by atoms with Crippen LogP contribution in [0.3, 0.4) is 0 Å². The summed E-state index contributed by atoms with van der Waals surface area (Å²) >= 11 is 7.11. The lowest BCUT2D eigenvalue weighted by Crippen LogP contribution is -2.57. The largest absolute Gasteiger partial charge is 0.491 e. The van der Waals surface area contributed by atoms with Crippen LogP contribution < -0.4 is 14.5 Å². The summed E-state index contributed by atoms with van der Waals surface area (Å²) in [5.74, 6) is -0.708. The highest BCUT2D eigenvalue weighted by Crippen LogP contribution is 2.36. The Morgan fingerprint density at radius 3 is 1.76 bits per heavy atom. The Hall–Kier alpha value is -3.23. The van der Waals surface area contributed by atoms with Crippen molar-refractivity contribution in [2.75, 3.05) is 16.4 Å². The van der Waals surface area contributed by atoms with E-state index in [0.29, 0.717) is 38.2 Å². The van der Waals surface area contributed by atoms with Gasteiger partial charge in [0.1, 0.15) is 11.3 Å². The number of hydrogen-bond acceptors (Lipinski definition) is 4. The molecule has 0 unspecified atom stereocenters. The van der Waals surface area contributed by atoms with Crippen molar-refractivity contribution in [2.45, 2.75) is 32.6 Å². The van der Waals surface area contributed by atoms with Crippen molar-refractivity contribution >= 4 is 67.2 Å². The first kappa shape index (κ1) is 26.8. The number of nitrogens with zero attached hydrogens (tertiary/aromatic N) is 2. The van der Waals surface area contributed by atoms with Crippen LogP contribution in [0.2, 0.25) is 0 Å². The zero-order chi connectivity index (χ0) is 26.4. The molecule has 1 aliphatic rings. The summed E-state index contributed by atoms with van der Waals surface area (Å²) in [5.41, 5.74) is 1.24. The first-order chi connectivity index (χ1) is 17.9. The molecule has 1 heterocycles. The van der Waals surface area contributed by atoms with Crippen LogP contribution in [-0.2, 0) is 9.59 Å². The maximum atomic E-state index is 13.5. The summed E-state index contributed by atoms with van der Waals surface area (Å²) < 4.78 is 7.34. The van der Waals surface area contributed by atoms with E-state index >= 15 is 0 Å². The quantitative estimate of drug-likeness (QED) is 0.138. The summed E-state index contributed by atoms with van der Waals surface area (Å²) in [6.07, 6.45) is 5.89. The minimum Gasteiger partial charge on any atom is -0.491 e. The fourth-order valence-electron chi connectivity index (χ4n) is 4.01. The minimum atomic E-state index is -0.723. The smallest absolute Gasteiger partial charge is 0.343 e. The van der Waals surface area contributed by atoms with Crippen molar-refractivity contribution in [3.05, 3.63) is 92.9 Å². The molecule has 0 bridgehead atoms. The van der Waals surface area contributed by atoms with Crippen LogP contribution in [0.1, 0.15) is 38.2 Å². The van der Waals surface area contributed by atoms with E-state index in [4.69, 9.17) is 4.74 Å². The fraction of sp³-hybridized carbons (Fsp3) is 0.207. The van der Waals surface area contributed by atoms with Crippen LogP contribution in [0.15, 0.2) is 87.3 Å². The molecule has 0 aliphatic carbocycles. The normalized spacial score (nSPS) is 13.8. The number of benzene rings is 3. The molecule has 4 amide bonds. The molecule has 3 aromatic carbocycles. The van der Waals surface area contributed by atoms with Gasteiger partial charge in [0.05, 0.1) is 26.9 Å². The van der Waals surface area contributed by atoms with Crippen LogP contribution in [0.5, 0.6) is 5.75 Å². The summed E-state index contributed by atoms with van der Waals surface area (Å²) in [7, 11) is 0. The number of hydrogen-bond donors (Lipinski definition) is 0. The first-order valence-corrected chi connectivity index (χ1v) is 13.7. The third-order valence-electron chi connectivity index (χ3n) is 5.85. The second-order valence-electron chi connectivity index (χ2n) is 8.52. The molecule has 6 nitrogen and oxygen atoms in total. The molecule has 0 atom stereocenters. The van der Waals surface area contributed by atoms with Gasteiger partial charge in [-0.2, -0.15) is 0 Å². The Labute approximate surface area is 233 Å². The minimum absolute atomic E-state index is 0.126. The van der Waals surface area contributed by atoms with Crippen molar-refractivity contribution < 1.29 is 19.1 Å². The van der Waals surface area contributed by atoms with Gasteiger partial charge in [0.15, 0.2) is 0 Å². The first-order valence-electron chi connectivity index (χ1n) is 12.1. The number of imide groups is 2. The van der Waals surface area contributed by atoms with E-state index in [1.165, 1.54) is 12.5 Å². The number of carbonyl (C=O) groups is 3. The number of para-hydroxylation sites is 2. The molecular weight excluding hydrogens is 600 g/mol. The second kappa shape index (κ2) is 12.3. The monoisotopic (exact) mass is 624 g/mol. The zero-order valence-corrected chi connectivity index (χ0v) is 23.5. The third kappa shape index (κ3) is 6.02. The average Bonchev–Trinajstić information content (AvgIpc) is 2.89. The van der Waals surface area contributed by atoms with E-state index in [0.717, 1.165) is 29.1 Å². The lowest BCUT2D eigenvalue weighted by Gasteiger charge is -2.34. The van der Waals surface area contributed by atoms with E-state index in [2.05, 4.69) is 38.8 Å². The van der Waals surface area contributed by atoms with Gasteiger partial charge in [-0.05, 0) is 86.3 Å². The van der Waals surface area contributed by atoms with Crippen LogP contribution in [-0.4, -0.2) is 24.5 Å². The molecule has 1 saturated heterocycles. The summed E-state index contributed by atoms with van der Waals surface area (Å²) in [4.78, 5) is 42.5. The van der Waals surface area contributed by atoms with E-state index in [9.17, 15) is 14.4 Å². The molecule has 4 rings (SSSR count).